The van der Waals surface area contributed by atoms with Crippen LogP contribution in [0.1, 0.15) is 41.5 Å². The zero-order valence-corrected chi connectivity index (χ0v) is 27.3. The highest BCUT2D eigenvalue weighted by molar-refractivity contribution is 14.1. The summed E-state index contributed by atoms with van der Waals surface area (Å²) in [6.07, 6.45) is 1.85. The van der Waals surface area contributed by atoms with Crippen molar-refractivity contribution in [2.75, 3.05) is 6.61 Å². The lowest BCUT2D eigenvalue weighted by Gasteiger charge is -2.23. The maximum Gasteiger partial charge on any atom is 0.338 e. The van der Waals surface area contributed by atoms with E-state index in [1.165, 1.54) is 22.7 Å². The Kier molecular flexibility index (Phi) is 8.89. The van der Waals surface area contributed by atoms with E-state index in [4.69, 9.17) is 14.7 Å². The fourth-order valence-corrected chi connectivity index (χ4v) is 8.29. The molecule has 0 radical (unpaired) electrons. The van der Waals surface area contributed by atoms with E-state index in [2.05, 4.69) is 56.2 Å². The van der Waals surface area contributed by atoms with Crippen molar-refractivity contribution in [3.8, 4) is 11.8 Å². The fourth-order valence-electron chi connectivity index (χ4n) is 4.29. The number of rotatable bonds is 7. The van der Waals surface area contributed by atoms with Crippen molar-refractivity contribution in [3.05, 3.63) is 114 Å². The molecule has 0 fully saturated rings. The van der Waals surface area contributed by atoms with Crippen molar-refractivity contribution >= 4 is 79.9 Å². The van der Waals surface area contributed by atoms with Crippen LogP contribution >= 0.6 is 67.9 Å². The lowest BCUT2D eigenvalue weighted by atomic mass is 10.0. The number of carbonyl (C=O) groups excluding carboxylic acids is 1. The van der Waals surface area contributed by atoms with Gasteiger partial charge in [0.2, 0.25) is 0 Å². The molecule has 0 aliphatic carbocycles. The Hall–Kier alpha value is -2.80. The van der Waals surface area contributed by atoms with Crippen LogP contribution in [-0.4, -0.2) is 17.1 Å². The molecule has 0 spiro atoms. The minimum absolute atomic E-state index is 0.206. The van der Waals surface area contributed by atoms with Gasteiger partial charge >= 0.3 is 5.97 Å². The molecule has 3 heterocycles. The standard InChI is InChI=1S/C29H21I2N3O4S2/c1-3-37-28(36)24-16(2)33-29-34(25(24)22-5-4-10-39-22)27(35)23(40-29)13-19-11-20(30)26(21(31)12-19)38-15-18-8-6-17(14-32)7-9-18/h4-13,25H,3,15H2,1-2H3/b23-13-/t25-/m1/s1. The number of thiazole rings is 1. The van der Waals surface area contributed by atoms with Crippen LogP contribution in [0, 0.1) is 18.5 Å². The molecule has 7 nitrogen and oxygen atoms in total. The summed E-state index contributed by atoms with van der Waals surface area (Å²) in [5.41, 5.74) is 3.17. The van der Waals surface area contributed by atoms with Crippen LogP contribution in [0.5, 0.6) is 5.75 Å². The third kappa shape index (κ3) is 5.81. The van der Waals surface area contributed by atoms with Gasteiger partial charge in [0.1, 0.15) is 18.4 Å². The van der Waals surface area contributed by atoms with Gasteiger partial charge in [-0.1, -0.05) is 29.5 Å². The second-order valence-electron chi connectivity index (χ2n) is 8.73. The largest absolute Gasteiger partial charge is 0.487 e. The zero-order chi connectivity index (χ0) is 28.4. The molecule has 0 saturated carbocycles. The number of esters is 1. The summed E-state index contributed by atoms with van der Waals surface area (Å²) in [4.78, 5) is 32.7. The van der Waals surface area contributed by atoms with Gasteiger partial charge in [0.05, 0.1) is 41.2 Å². The van der Waals surface area contributed by atoms with Gasteiger partial charge in [0.25, 0.3) is 5.56 Å². The number of fused-ring (bicyclic) bond motifs is 1. The van der Waals surface area contributed by atoms with Gasteiger partial charge in [-0.15, -0.1) is 11.3 Å². The maximum atomic E-state index is 13.8. The molecule has 1 aliphatic rings. The van der Waals surface area contributed by atoms with Crippen molar-refractivity contribution in [1.82, 2.24) is 4.57 Å². The van der Waals surface area contributed by atoms with Crippen molar-refractivity contribution in [3.63, 3.8) is 0 Å². The molecule has 0 saturated heterocycles. The van der Waals surface area contributed by atoms with Crippen LogP contribution in [0.3, 0.4) is 0 Å². The van der Waals surface area contributed by atoms with E-state index in [0.29, 0.717) is 32.8 Å². The number of thiophene rings is 1. The fraction of sp³-hybridized carbons (Fsp3) is 0.172. The van der Waals surface area contributed by atoms with Crippen molar-refractivity contribution < 1.29 is 14.3 Å². The molecule has 4 aromatic rings. The van der Waals surface area contributed by atoms with Gasteiger partial charge in [-0.25, -0.2) is 9.79 Å². The monoisotopic (exact) mass is 793 g/mol. The Balaban J connectivity index is 1.50. The van der Waals surface area contributed by atoms with E-state index in [0.717, 1.165) is 28.9 Å². The molecule has 2 aromatic carbocycles. The van der Waals surface area contributed by atoms with Gasteiger partial charge in [0.15, 0.2) is 4.80 Å². The van der Waals surface area contributed by atoms with Gasteiger partial charge in [-0.2, -0.15) is 5.26 Å². The van der Waals surface area contributed by atoms with Crippen LogP contribution in [0.15, 0.2) is 75.0 Å². The van der Waals surface area contributed by atoms with Crippen LogP contribution in [-0.2, 0) is 16.1 Å². The Morgan fingerprint density at radius 1 is 1.20 bits per heavy atom. The zero-order valence-electron chi connectivity index (χ0n) is 21.3. The summed E-state index contributed by atoms with van der Waals surface area (Å²) in [5, 5.41) is 10.9. The quantitative estimate of drug-likeness (QED) is 0.182. The van der Waals surface area contributed by atoms with Crippen LogP contribution in [0.25, 0.3) is 6.08 Å². The van der Waals surface area contributed by atoms with Crippen LogP contribution < -0.4 is 19.6 Å². The molecular weight excluding hydrogens is 772 g/mol. The molecule has 1 atom stereocenters. The number of ether oxygens (including phenoxy) is 2. The SMILES string of the molecule is CCOC(=O)C1=C(C)N=c2s/c(=C\c3cc(I)c(OCc4ccc(C#N)cc4)c(I)c3)c(=O)n2[C@@H]1c1cccs1. The van der Waals surface area contributed by atoms with Crippen molar-refractivity contribution in [1.29, 1.82) is 5.26 Å². The lowest BCUT2D eigenvalue weighted by molar-refractivity contribution is -0.139. The number of hydrogen-bond acceptors (Lipinski definition) is 8. The van der Waals surface area contributed by atoms with Gasteiger partial charge in [-0.05, 0) is 112 Å². The topological polar surface area (TPSA) is 93.7 Å². The summed E-state index contributed by atoms with van der Waals surface area (Å²) in [6.45, 7) is 4.16. The molecule has 5 rings (SSSR count). The summed E-state index contributed by atoms with van der Waals surface area (Å²) in [7, 11) is 0. The number of nitrogens with zero attached hydrogens (tertiary/aromatic N) is 3. The number of aromatic nitrogens is 1. The van der Waals surface area contributed by atoms with E-state index in [-0.39, 0.29) is 12.2 Å². The number of hydrogen-bond donors (Lipinski definition) is 0. The first-order valence-electron chi connectivity index (χ1n) is 12.1. The van der Waals surface area contributed by atoms with Crippen molar-refractivity contribution in [2.24, 2.45) is 4.99 Å². The highest BCUT2D eigenvalue weighted by atomic mass is 127. The maximum absolute atomic E-state index is 13.8. The molecule has 1 aliphatic heterocycles. The van der Waals surface area contributed by atoms with Crippen LogP contribution in [0.2, 0.25) is 0 Å². The highest BCUT2D eigenvalue weighted by Gasteiger charge is 2.33. The number of benzene rings is 2. The molecule has 0 bridgehead atoms. The Labute approximate surface area is 265 Å². The van der Waals surface area contributed by atoms with Crippen LogP contribution in [0.4, 0.5) is 0 Å². The normalized spacial score (nSPS) is 14.9. The Morgan fingerprint density at radius 2 is 1.93 bits per heavy atom. The number of allylic oxidation sites excluding steroid dienone is 1. The summed E-state index contributed by atoms with van der Waals surface area (Å²) in [5.74, 6) is 0.300. The smallest absolute Gasteiger partial charge is 0.338 e. The Bertz CT molecular complexity index is 1830. The van der Waals surface area contributed by atoms with E-state index in [1.54, 1.807) is 30.5 Å². The molecule has 0 amide bonds. The second-order valence-corrected chi connectivity index (χ2v) is 13.0. The lowest BCUT2D eigenvalue weighted by Crippen LogP contribution is -2.39. The highest BCUT2D eigenvalue weighted by Crippen LogP contribution is 2.33. The van der Waals surface area contributed by atoms with Gasteiger partial charge < -0.3 is 9.47 Å². The molecular formula is C29H21I2N3O4S2. The van der Waals surface area contributed by atoms with E-state index < -0.39 is 12.0 Å². The second kappa shape index (κ2) is 12.4. The summed E-state index contributed by atoms with van der Waals surface area (Å²) in [6, 6.07) is 16.6. The Morgan fingerprint density at radius 3 is 2.55 bits per heavy atom. The summed E-state index contributed by atoms with van der Waals surface area (Å²) < 4.78 is 15.4. The average molecular weight is 793 g/mol. The molecule has 0 N–H and O–H groups in total. The predicted molar refractivity (Wildman–Crippen MR) is 172 cm³/mol. The average Bonchev–Trinajstić information content (AvgIpc) is 3.56. The number of carbonyl (C=O) groups is 1. The summed E-state index contributed by atoms with van der Waals surface area (Å²) >= 11 is 7.26. The first-order valence-corrected chi connectivity index (χ1v) is 16.0. The molecule has 0 unspecified atom stereocenters. The van der Waals surface area contributed by atoms with E-state index >= 15 is 0 Å². The van der Waals surface area contributed by atoms with Gasteiger partial charge in [0, 0.05) is 4.88 Å². The first kappa shape index (κ1) is 28.7. The minimum atomic E-state index is -0.587. The minimum Gasteiger partial charge on any atom is -0.487 e. The predicted octanol–water partition coefficient (Wildman–Crippen LogP) is 5.52. The van der Waals surface area contributed by atoms with Crippen molar-refractivity contribution in [2.45, 2.75) is 26.5 Å². The van der Waals surface area contributed by atoms with Gasteiger partial charge in [-0.3, -0.25) is 9.36 Å². The van der Waals surface area contributed by atoms with E-state index in [1.807, 2.05) is 47.9 Å². The third-order valence-electron chi connectivity index (χ3n) is 6.11. The number of nitriles is 1. The van der Waals surface area contributed by atoms with E-state index in [9.17, 15) is 9.59 Å². The third-order valence-corrected chi connectivity index (χ3v) is 9.62. The molecule has 2 aromatic heterocycles. The number of halogens is 2. The molecule has 11 heteroatoms. The molecule has 40 heavy (non-hydrogen) atoms. The molecule has 202 valence electrons. The first-order chi connectivity index (χ1) is 19.3.